The Morgan fingerprint density at radius 2 is 0.950 bits per heavy atom. The van der Waals surface area contributed by atoms with Crippen LogP contribution in [-0.2, 0) is 53.3 Å². The van der Waals surface area contributed by atoms with E-state index in [9.17, 15) is 30.2 Å². The monoisotopic (exact) mass is 1680 g/mol. The molecule has 12 heterocycles. The Hall–Kier alpha value is -10.8. The van der Waals surface area contributed by atoms with Crippen molar-refractivity contribution in [1.29, 1.82) is 15.8 Å². The third-order valence-corrected chi connectivity index (χ3v) is 27.1. The molecule has 3 aromatic heterocycles. The van der Waals surface area contributed by atoms with Gasteiger partial charge in [0.2, 0.25) is 17.7 Å². The van der Waals surface area contributed by atoms with Gasteiger partial charge >= 0.3 is 18.0 Å². The highest BCUT2D eigenvalue weighted by molar-refractivity contribution is 6.43. The van der Waals surface area contributed by atoms with Crippen molar-refractivity contribution in [3.05, 3.63) is 165 Å². The van der Waals surface area contributed by atoms with E-state index in [1.807, 2.05) is 19.1 Å². The van der Waals surface area contributed by atoms with E-state index in [1.165, 1.54) is 23.6 Å². The second-order valence-electron chi connectivity index (χ2n) is 33.1. The Kier molecular flexibility index (Phi) is 25.1. The van der Waals surface area contributed by atoms with Crippen molar-refractivity contribution in [3.63, 3.8) is 0 Å². The average molecular weight is 1680 g/mol. The predicted molar refractivity (Wildman–Crippen MR) is 463 cm³/mol. The Morgan fingerprint density at radius 3 is 1.44 bits per heavy atom. The second-order valence-corrected chi connectivity index (χ2v) is 34.3. The number of likely N-dealkylation sites (N-methyl/N-ethyl adjacent to an activating group) is 3. The zero-order valence-electron chi connectivity index (χ0n) is 68.6. The van der Waals surface area contributed by atoms with E-state index in [4.69, 9.17) is 83.7 Å². The highest BCUT2D eigenvalue weighted by atomic mass is 35.5. The molecule has 0 aliphatic carbocycles. The number of halogens is 3. The lowest BCUT2D eigenvalue weighted by molar-refractivity contribution is -0.129. The molecular formula is C89H102Cl3N21O7. The van der Waals surface area contributed by atoms with Crippen LogP contribution in [0.1, 0.15) is 95.8 Å². The summed E-state index contributed by atoms with van der Waals surface area (Å²) < 4.78 is 27.0. The molecule has 6 fully saturated rings. The molecule has 0 saturated carbocycles. The Balaban J connectivity index is 0.614. The number of piperazine rings is 3. The normalized spacial score (nSPS) is 22.8. The minimum atomic E-state index is -0.399. The number of carbonyl (C=O) groups is 3. The molecule has 0 bridgehead atoms. The first-order valence-electron chi connectivity index (χ1n) is 41.8. The third kappa shape index (κ3) is 17.3. The van der Waals surface area contributed by atoms with Gasteiger partial charge in [-0.3, -0.25) is 24.2 Å². The number of nitriles is 3. The summed E-state index contributed by atoms with van der Waals surface area (Å²) in [4.78, 5) is 95.9. The van der Waals surface area contributed by atoms with Gasteiger partial charge in [-0.05, 0) is 138 Å². The number of hydrogen-bond donors (Lipinski definition) is 0. The SMILES string of the molecule is C=CC(=O)N1CCN(c2nc(OC[C@@H]3C[C@H](Oc4cc(Cl)c(C)c(N5CCc6c(nc(OC[C@@H]7CC(c8cc(Cl)c(Cl)c(N9CCc%10c(nc(OC[C@@H]%11CCCN%11C)nc%10N%10CCN(C(=O)C=C)[C@@H](CC#N)C%10)C9)c8)CN7C)nc6N6CCN(C(=O)C=C)[C@@H](CC#N)C6)C5)c4)CN3C)nc3c2CCN(c2cccc4ccccc24)C3)CC1CC#N. The van der Waals surface area contributed by atoms with E-state index in [0.717, 1.165) is 117 Å². The molecular weight excluding hydrogens is 1580 g/mol. The summed E-state index contributed by atoms with van der Waals surface area (Å²) in [5.41, 5.74) is 10.3. The topological polar surface area (TPSA) is 276 Å². The largest absolute Gasteiger partial charge is 0.489 e. The van der Waals surface area contributed by atoms with Gasteiger partial charge in [-0.2, -0.15) is 45.7 Å². The quantitative estimate of drug-likeness (QED) is 0.0508. The van der Waals surface area contributed by atoms with Gasteiger partial charge in [0.15, 0.2) is 0 Å². The fraction of sp³-hybridized carbons (Fsp3) is 0.483. The van der Waals surface area contributed by atoms with Crippen molar-refractivity contribution >= 4 is 97.8 Å². The lowest BCUT2D eigenvalue weighted by Gasteiger charge is -2.42. The molecule has 6 saturated heterocycles. The highest BCUT2D eigenvalue weighted by Crippen LogP contribution is 2.45. The maximum absolute atomic E-state index is 13.3. The molecule has 9 aliphatic heterocycles. The first-order chi connectivity index (χ1) is 58.2. The van der Waals surface area contributed by atoms with Crippen LogP contribution in [0.3, 0.4) is 0 Å². The van der Waals surface area contributed by atoms with Crippen LogP contribution in [0.4, 0.5) is 34.5 Å². The van der Waals surface area contributed by atoms with Crippen LogP contribution >= 0.6 is 34.8 Å². The molecule has 28 nitrogen and oxygen atoms in total. The minimum Gasteiger partial charge on any atom is -0.489 e. The molecule has 3 amide bonds. The lowest BCUT2D eigenvalue weighted by Crippen LogP contribution is -2.55. The maximum Gasteiger partial charge on any atom is 0.318 e. The molecule has 2 unspecified atom stereocenters. The van der Waals surface area contributed by atoms with E-state index in [0.29, 0.717) is 164 Å². The van der Waals surface area contributed by atoms with E-state index < -0.39 is 6.04 Å². The van der Waals surface area contributed by atoms with Gasteiger partial charge in [0, 0.05) is 161 Å². The molecule has 7 aromatic rings. The number of fused-ring (bicyclic) bond motifs is 4. The fourth-order valence-electron chi connectivity index (χ4n) is 19.3. The van der Waals surface area contributed by atoms with Crippen LogP contribution in [-0.4, -0.2) is 259 Å². The number of rotatable bonds is 24. The van der Waals surface area contributed by atoms with Gasteiger partial charge in [0.1, 0.15) is 49.1 Å². The molecule has 4 aromatic carbocycles. The molecule has 0 N–H and O–H groups in total. The molecule has 120 heavy (non-hydrogen) atoms. The summed E-state index contributed by atoms with van der Waals surface area (Å²) in [7, 11) is 6.30. The van der Waals surface area contributed by atoms with Crippen molar-refractivity contribution in [2.45, 2.75) is 139 Å². The number of carbonyl (C=O) groups excluding carboxylic acids is 3. The average Bonchev–Trinajstić information content (AvgIpc) is 0.928. The number of ether oxygens (including phenoxy) is 4. The van der Waals surface area contributed by atoms with Gasteiger partial charge in [0.25, 0.3) is 0 Å². The van der Waals surface area contributed by atoms with E-state index in [-0.39, 0.29) is 104 Å². The van der Waals surface area contributed by atoms with Crippen LogP contribution in [0.15, 0.2) is 105 Å². The molecule has 8 atom stereocenters. The van der Waals surface area contributed by atoms with Gasteiger partial charge in [-0.1, -0.05) is 90.9 Å². The van der Waals surface area contributed by atoms with Crippen molar-refractivity contribution < 1.29 is 33.3 Å². The van der Waals surface area contributed by atoms with E-state index >= 15 is 0 Å². The number of benzene rings is 4. The van der Waals surface area contributed by atoms with Crippen molar-refractivity contribution in [2.75, 3.05) is 169 Å². The molecule has 9 aliphatic rings. The molecule has 0 spiro atoms. The lowest BCUT2D eigenvalue weighted by atomic mass is 9.95. The second kappa shape index (κ2) is 36.3. The van der Waals surface area contributed by atoms with Crippen LogP contribution < -0.4 is 48.3 Å². The third-order valence-electron chi connectivity index (χ3n) is 25.9. The molecule has 626 valence electrons. The zero-order valence-corrected chi connectivity index (χ0v) is 70.9. The standard InChI is InChI=1S/C89H102Cl3N21O7/c1-8-80(114)111-36-33-108(46-60(111)20-26-93)84-69-23-30-105(77-19-13-16-57-15-11-12-18-68(57)77)50-74(69)96-89(101-84)119-55-65-42-67(49-104(65)7)120-66-43-72(90)56(4)78(44-66)106-31-24-70-75(51-106)97-88(100-85(70)109-34-37-112(81(115)9-2)61(47-109)21-27-94)118-54-64-39-59(45-103(64)6)58-40-73(91)83(92)79(41-58)107-32-25-71-76(52-107)98-87(117-53-63-17-14-29-102(63)5)99-86(71)110-35-38-113(82(116)10-3)62(48-110)22-28-95/h8-13,15-16,18-19,40-41,43-44,59-65,67H,1-3,14,17,20-25,29-39,42,45-55H2,4-7H3/t59?,60?,61-,62-,63-,64-,65-,67-/m0/s1. The van der Waals surface area contributed by atoms with Crippen molar-refractivity contribution in [1.82, 2.24) is 59.3 Å². The van der Waals surface area contributed by atoms with Crippen LogP contribution in [0.5, 0.6) is 23.8 Å². The number of nitrogens with zero attached hydrogens (tertiary/aromatic N) is 21. The summed E-state index contributed by atoms with van der Waals surface area (Å²) in [6.07, 6.45) is 9.58. The Morgan fingerprint density at radius 1 is 0.483 bits per heavy atom. The predicted octanol–water partition coefficient (Wildman–Crippen LogP) is 10.4. The molecule has 0 radical (unpaired) electrons. The highest BCUT2D eigenvalue weighted by Gasteiger charge is 2.41. The Bertz CT molecular complexity index is 5230. The number of hydrogen-bond acceptors (Lipinski definition) is 25. The summed E-state index contributed by atoms with van der Waals surface area (Å²) >= 11 is 21.7. The fourth-order valence-corrected chi connectivity index (χ4v) is 19.9. The van der Waals surface area contributed by atoms with Crippen LogP contribution in [0.25, 0.3) is 10.8 Å². The summed E-state index contributed by atoms with van der Waals surface area (Å²) in [5, 5.41) is 33.7. The first kappa shape index (κ1) is 82.9. The van der Waals surface area contributed by atoms with Gasteiger partial charge < -0.3 is 67.9 Å². The smallest absolute Gasteiger partial charge is 0.318 e. The molecule has 31 heteroatoms. The minimum absolute atomic E-state index is 0.0498. The van der Waals surface area contributed by atoms with Gasteiger partial charge in [-0.25, -0.2) is 0 Å². The van der Waals surface area contributed by atoms with Gasteiger partial charge in [-0.15, -0.1) is 0 Å². The van der Waals surface area contributed by atoms with Crippen LogP contribution in [0.2, 0.25) is 15.1 Å². The number of likely N-dealkylation sites (tertiary alicyclic amines) is 3. The van der Waals surface area contributed by atoms with Crippen molar-refractivity contribution in [3.8, 4) is 42.0 Å². The molecule has 16 rings (SSSR count). The number of anilines is 6. The van der Waals surface area contributed by atoms with Gasteiger partial charge in [0.05, 0.1) is 108 Å². The van der Waals surface area contributed by atoms with Crippen molar-refractivity contribution in [2.24, 2.45) is 0 Å². The van der Waals surface area contributed by atoms with E-state index in [2.05, 4.69) is 158 Å². The summed E-state index contributed by atoms with van der Waals surface area (Å²) in [6, 6.07) is 29.7. The zero-order chi connectivity index (χ0) is 83.6. The first-order valence-corrected chi connectivity index (χ1v) is 42.9. The van der Waals surface area contributed by atoms with E-state index in [1.54, 1.807) is 14.7 Å². The van der Waals surface area contributed by atoms with Crippen LogP contribution in [0, 0.1) is 40.9 Å². The summed E-state index contributed by atoms with van der Waals surface area (Å²) in [5.74, 6) is 2.33. The Labute approximate surface area is 716 Å². The number of amides is 3. The summed E-state index contributed by atoms with van der Waals surface area (Å²) in [6.45, 7) is 23.9. The maximum atomic E-state index is 13.3. The number of aromatic nitrogens is 6.